The van der Waals surface area contributed by atoms with Gasteiger partial charge in [0.15, 0.2) is 5.78 Å². The van der Waals surface area contributed by atoms with Gasteiger partial charge in [-0.25, -0.2) is 0 Å². The highest BCUT2D eigenvalue weighted by atomic mass is 16.4. The molecule has 6 nitrogen and oxygen atoms in total. The number of piperazine rings is 1. The Balaban J connectivity index is 1.39. The van der Waals surface area contributed by atoms with Crippen molar-refractivity contribution in [3.8, 4) is 0 Å². The summed E-state index contributed by atoms with van der Waals surface area (Å²) in [6, 6.07) is 7.57. The van der Waals surface area contributed by atoms with Crippen molar-refractivity contribution >= 4 is 23.3 Å². The minimum absolute atomic E-state index is 0.0428. The zero-order chi connectivity index (χ0) is 19.1. The van der Waals surface area contributed by atoms with Gasteiger partial charge in [0.05, 0.1) is 11.8 Å². The first-order valence-electron chi connectivity index (χ1n) is 9.83. The smallest absolute Gasteiger partial charge is 0.307 e. The maximum atomic E-state index is 13.1. The van der Waals surface area contributed by atoms with Crippen molar-refractivity contribution < 1.29 is 19.5 Å². The highest BCUT2D eigenvalue weighted by molar-refractivity contribution is 5.94. The fourth-order valence-corrected chi connectivity index (χ4v) is 5.30. The Bertz CT molecular complexity index is 752. The molecule has 0 aromatic heterocycles. The van der Waals surface area contributed by atoms with Crippen LogP contribution in [0.3, 0.4) is 0 Å². The molecular formula is C21H26N2O4. The molecule has 1 aromatic rings. The first kappa shape index (κ1) is 18.0. The van der Waals surface area contributed by atoms with Crippen LogP contribution in [0.15, 0.2) is 24.3 Å². The third-order valence-corrected chi connectivity index (χ3v) is 6.72. The minimum atomic E-state index is -0.801. The van der Waals surface area contributed by atoms with Gasteiger partial charge in [-0.2, -0.15) is 0 Å². The van der Waals surface area contributed by atoms with Gasteiger partial charge < -0.3 is 14.9 Å². The normalized spacial score (nSPS) is 29.8. The van der Waals surface area contributed by atoms with Crippen LogP contribution in [0.25, 0.3) is 0 Å². The van der Waals surface area contributed by atoms with E-state index >= 15 is 0 Å². The van der Waals surface area contributed by atoms with Crippen LogP contribution in [0.2, 0.25) is 0 Å². The van der Waals surface area contributed by atoms with Gasteiger partial charge in [0.2, 0.25) is 5.91 Å². The maximum Gasteiger partial charge on any atom is 0.307 e. The van der Waals surface area contributed by atoms with Crippen LogP contribution in [0.1, 0.15) is 36.5 Å². The summed E-state index contributed by atoms with van der Waals surface area (Å²) in [5.41, 5.74) is 1.75. The van der Waals surface area contributed by atoms with Gasteiger partial charge in [-0.15, -0.1) is 0 Å². The Morgan fingerprint density at radius 3 is 2.07 bits per heavy atom. The van der Waals surface area contributed by atoms with E-state index in [0.717, 1.165) is 38.0 Å². The molecule has 1 aromatic carbocycles. The molecule has 2 bridgehead atoms. The Morgan fingerprint density at radius 2 is 1.52 bits per heavy atom. The third kappa shape index (κ3) is 3.22. The van der Waals surface area contributed by atoms with Crippen molar-refractivity contribution in [3.05, 3.63) is 29.8 Å². The van der Waals surface area contributed by atoms with E-state index < -0.39 is 11.9 Å². The lowest BCUT2D eigenvalue weighted by molar-refractivity contribution is -0.153. The second-order valence-electron chi connectivity index (χ2n) is 8.14. The van der Waals surface area contributed by atoms with Crippen LogP contribution < -0.4 is 4.90 Å². The summed E-state index contributed by atoms with van der Waals surface area (Å²) in [5.74, 6) is -1.10. The zero-order valence-electron chi connectivity index (χ0n) is 15.6. The summed E-state index contributed by atoms with van der Waals surface area (Å²) >= 11 is 0. The summed E-state index contributed by atoms with van der Waals surface area (Å²) in [6.45, 7) is 4.24. The van der Waals surface area contributed by atoms with E-state index in [1.807, 2.05) is 29.2 Å². The first-order valence-corrected chi connectivity index (χ1v) is 9.83. The molecule has 144 valence electrons. The molecule has 1 heterocycles. The molecule has 3 fully saturated rings. The molecule has 1 saturated heterocycles. The van der Waals surface area contributed by atoms with Crippen molar-refractivity contribution in [2.45, 2.75) is 26.2 Å². The predicted octanol–water partition coefficient (Wildman–Crippen LogP) is 2.28. The molecule has 2 saturated carbocycles. The van der Waals surface area contributed by atoms with Gasteiger partial charge in [0, 0.05) is 37.4 Å². The largest absolute Gasteiger partial charge is 0.481 e. The molecule has 1 N–H and O–H groups in total. The molecular weight excluding hydrogens is 344 g/mol. The number of aliphatic carboxylic acids is 1. The molecule has 27 heavy (non-hydrogen) atoms. The van der Waals surface area contributed by atoms with Gasteiger partial charge in [-0.05, 0) is 62.3 Å². The van der Waals surface area contributed by atoms with E-state index in [2.05, 4.69) is 4.90 Å². The Morgan fingerprint density at radius 1 is 0.926 bits per heavy atom. The number of benzene rings is 1. The number of fused-ring (bicyclic) bond motifs is 2. The summed E-state index contributed by atoms with van der Waals surface area (Å²) in [7, 11) is 0. The molecule has 4 atom stereocenters. The summed E-state index contributed by atoms with van der Waals surface area (Å²) in [6.07, 6.45) is 2.85. The monoisotopic (exact) mass is 370 g/mol. The van der Waals surface area contributed by atoms with Crippen LogP contribution in [-0.2, 0) is 9.59 Å². The van der Waals surface area contributed by atoms with Gasteiger partial charge in [0.25, 0.3) is 0 Å². The topological polar surface area (TPSA) is 77.9 Å². The maximum absolute atomic E-state index is 13.1. The number of carbonyl (C=O) groups is 3. The number of Topliss-reactive ketones (excluding diaryl/α,β-unsaturated/α-hetero) is 1. The van der Waals surface area contributed by atoms with Crippen LogP contribution in [-0.4, -0.2) is 53.8 Å². The van der Waals surface area contributed by atoms with E-state index in [9.17, 15) is 19.5 Å². The van der Waals surface area contributed by atoms with Crippen molar-refractivity contribution in [3.63, 3.8) is 0 Å². The first-order chi connectivity index (χ1) is 13.0. The Hall–Kier alpha value is -2.37. The fourth-order valence-electron chi connectivity index (χ4n) is 5.30. The number of ketones is 1. The lowest BCUT2D eigenvalue weighted by atomic mass is 9.78. The Labute approximate surface area is 159 Å². The van der Waals surface area contributed by atoms with E-state index in [-0.39, 0.29) is 29.4 Å². The fraction of sp³-hybridized carbons (Fsp3) is 0.571. The predicted molar refractivity (Wildman–Crippen MR) is 101 cm³/mol. The summed E-state index contributed by atoms with van der Waals surface area (Å²) in [4.78, 5) is 40.3. The van der Waals surface area contributed by atoms with E-state index in [1.54, 1.807) is 6.92 Å². The molecule has 3 aliphatic rings. The number of anilines is 1. The second-order valence-corrected chi connectivity index (χ2v) is 8.14. The minimum Gasteiger partial charge on any atom is -0.481 e. The van der Waals surface area contributed by atoms with Gasteiger partial charge in [0.1, 0.15) is 0 Å². The number of amides is 1. The van der Waals surface area contributed by atoms with Crippen molar-refractivity contribution in [2.24, 2.45) is 23.7 Å². The van der Waals surface area contributed by atoms with Crippen LogP contribution in [0, 0.1) is 23.7 Å². The SMILES string of the molecule is CC(=O)c1ccc(N2CCN(C(=O)[C@H]3[C@H]4CC[C@@H](C4)[C@H]3C(=O)O)CC2)cc1. The van der Waals surface area contributed by atoms with Crippen molar-refractivity contribution in [2.75, 3.05) is 31.1 Å². The summed E-state index contributed by atoms with van der Waals surface area (Å²) < 4.78 is 0. The number of carbonyl (C=O) groups excluding carboxylic acids is 2. The summed E-state index contributed by atoms with van der Waals surface area (Å²) in [5, 5.41) is 9.60. The molecule has 6 heteroatoms. The van der Waals surface area contributed by atoms with Gasteiger partial charge in [-0.1, -0.05) is 0 Å². The average Bonchev–Trinajstić information content (AvgIpc) is 3.29. The number of nitrogens with zero attached hydrogens (tertiary/aromatic N) is 2. The standard InChI is InChI=1S/C21H26N2O4/c1-13(24)14-4-6-17(7-5-14)22-8-10-23(11-9-22)20(25)18-15-2-3-16(12-15)19(18)21(26)27/h4-7,15-16,18-19H,2-3,8-12H2,1H3,(H,26,27)/t15-,16-,18-,19+/m0/s1. The van der Waals surface area contributed by atoms with Gasteiger partial charge in [-0.3, -0.25) is 14.4 Å². The molecule has 1 amide bonds. The van der Waals surface area contributed by atoms with Crippen molar-refractivity contribution in [1.29, 1.82) is 0 Å². The quantitative estimate of drug-likeness (QED) is 0.823. The van der Waals surface area contributed by atoms with E-state index in [4.69, 9.17) is 0 Å². The van der Waals surface area contributed by atoms with Crippen LogP contribution in [0.4, 0.5) is 5.69 Å². The number of hydrogen-bond acceptors (Lipinski definition) is 4. The highest BCUT2D eigenvalue weighted by Gasteiger charge is 2.54. The number of carboxylic acid groups (broad SMARTS) is 1. The van der Waals surface area contributed by atoms with Crippen LogP contribution >= 0.6 is 0 Å². The number of carboxylic acids is 1. The van der Waals surface area contributed by atoms with E-state index in [1.165, 1.54) is 0 Å². The molecule has 4 rings (SSSR count). The number of rotatable bonds is 4. The molecule has 0 radical (unpaired) electrons. The van der Waals surface area contributed by atoms with Crippen LogP contribution in [0.5, 0.6) is 0 Å². The number of hydrogen-bond donors (Lipinski definition) is 1. The molecule has 0 spiro atoms. The third-order valence-electron chi connectivity index (χ3n) is 6.72. The lowest BCUT2D eigenvalue weighted by Crippen LogP contribution is -2.52. The van der Waals surface area contributed by atoms with Crippen molar-refractivity contribution in [1.82, 2.24) is 4.90 Å². The lowest BCUT2D eigenvalue weighted by Gasteiger charge is -2.39. The second kappa shape index (κ2) is 6.98. The molecule has 1 aliphatic heterocycles. The van der Waals surface area contributed by atoms with Gasteiger partial charge >= 0.3 is 5.97 Å². The molecule has 0 unspecified atom stereocenters. The van der Waals surface area contributed by atoms with E-state index in [0.29, 0.717) is 18.7 Å². The average molecular weight is 370 g/mol. The molecule has 2 aliphatic carbocycles. The highest BCUT2D eigenvalue weighted by Crippen LogP contribution is 2.53. The Kier molecular flexibility index (Phi) is 4.66. The zero-order valence-corrected chi connectivity index (χ0v) is 15.6.